The molecule has 0 unspecified atom stereocenters. The van der Waals surface area contributed by atoms with E-state index in [1.165, 1.54) is 41.9 Å². The van der Waals surface area contributed by atoms with E-state index in [9.17, 15) is 5.11 Å². The third kappa shape index (κ3) is 2.07. The fraction of sp³-hybridized carbons (Fsp3) is 0.667. The lowest BCUT2D eigenvalue weighted by atomic mass is 9.55. The molecule has 1 spiro atoms. The summed E-state index contributed by atoms with van der Waals surface area (Å²) in [4.78, 5) is 0. The summed E-state index contributed by atoms with van der Waals surface area (Å²) >= 11 is 4.44. The number of rotatable bonds is 0. The second kappa shape index (κ2) is 4.86. The first-order chi connectivity index (χ1) is 10.0. The van der Waals surface area contributed by atoms with Gasteiger partial charge >= 0.3 is 0 Å². The number of thioether (sulfide) groups is 2. The van der Waals surface area contributed by atoms with Crippen molar-refractivity contribution in [2.24, 2.45) is 11.3 Å². The maximum absolute atomic E-state index is 9.81. The van der Waals surface area contributed by atoms with Gasteiger partial charge in [-0.1, -0.05) is 19.9 Å². The van der Waals surface area contributed by atoms with Crippen LogP contribution in [0, 0.1) is 11.3 Å². The smallest absolute Gasteiger partial charge is 0.115 e. The molecular formula is C18H24OS2. The maximum atomic E-state index is 9.81. The average molecular weight is 321 g/mol. The van der Waals surface area contributed by atoms with Gasteiger partial charge in [0, 0.05) is 11.5 Å². The lowest BCUT2D eigenvalue weighted by molar-refractivity contribution is 0.101. The molecule has 1 nitrogen and oxygen atoms in total. The summed E-state index contributed by atoms with van der Waals surface area (Å²) in [5.41, 5.74) is 3.38. The van der Waals surface area contributed by atoms with Gasteiger partial charge in [0.15, 0.2) is 0 Å². The molecule has 0 amide bonds. The van der Waals surface area contributed by atoms with E-state index >= 15 is 0 Å². The first-order valence-corrected chi connectivity index (χ1v) is 10.1. The lowest BCUT2D eigenvalue weighted by Crippen LogP contribution is -2.47. The summed E-state index contributed by atoms with van der Waals surface area (Å²) in [7, 11) is 0. The highest BCUT2D eigenvalue weighted by molar-refractivity contribution is 8.21. The fourth-order valence-electron chi connectivity index (χ4n) is 5.04. The van der Waals surface area contributed by atoms with Crippen molar-refractivity contribution in [3.8, 4) is 5.75 Å². The highest BCUT2D eigenvalue weighted by atomic mass is 32.2. The Balaban J connectivity index is 1.80. The molecule has 2 aliphatic carbocycles. The van der Waals surface area contributed by atoms with Gasteiger partial charge in [-0.25, -0.2) is 0 Å². The molecular weight excluding hydrogens is 296 g/mol. The van der Waals surface area contributed by atoms with Crippen LogP contribution in [0.4, 0.5) is 0 Å². The van der Waals surface area contributed by atoms with Gasteiger partial charge in [0.1, 0.15) is 5.75 Å². The van der Waals surface area contributed by atoms with Gasteiger partial charge in [0.05, 0.1) is 4.08 Å². The van der Waals surface area contributed by atoms with Gasteiger partial charge in [0.25, 0.3) is 0 Å². The number of phenolic OH excluding ortho intramolecular Hbond substituents is 1. The van der Waals surface area contributed by atoms with Crippen LogP contribution in [0.2, 0.25) is 0 Å². The van der Waals surface area contributed by atoms with Crippen LogP contribution in [-0.4, -0.2) is 20.7 Å². The van der Waals surface area contributed by atoms with E-state index in [-0.39, 0.29) is 0 Å². The standard InChI is InChI=1S/C18H24OS2/c1-12-16-15-4-3-14(19)11-13(15)5-6-17(16,2)7-8-18(12)20-9-10-21-18/h3-4,11-12,16,19H,5-10H2,1-2H3/t12-,16+,17-/m0/s1. The van der Waals surface area contributed by atoms with Crippen molar-refractivity contribution in [2.75, 3.05) is 11.5 Å². The summed E-state index contributed by atoms with van der Waals surface area (Å²) in [5.74, 6) is 4.45. The van der Waals surface area contributed by atoms with Gasteiger partial charge in [-0.15, -0.1) is 23.5 Å². The molecule has 1 saturated carbocycles. The molecule has 1 aliphatic heterocycles. The number of fused-ring (bicyclic) bond motifs is 3. The molecule has 2 fully saturated rings. The maximum Gasteiger partial charge on any atom is 0.115 e. The Morgan fingerprint density at radius 1 is 1.14 bits per heavy atom. The van der Waals surface area contributed by atoms with Crippen molar-refractivity contribution in [3.05, 3.63) is 29.3 Å². The number of hydrogen-bond donors (Lipinski definition) is 1. The zero-order chi connectivity index (χ0) is 14.7. The van der Waals surface area contributed by atoms with Crippen LogP contribution in [0.3, 0.4) is 0 Å². The minimum atomic E-state index is 0.431. The molecule has 1 aromatic carbocycles. The molecule has 1 aromatic rings. The largest absolute Gasteiger partial charge is 0.508 e. The summed E-state index contributed by atoms with van der Waals surface area (Å²) in [6.45, 7) is 5.01. The van der Waals surface area contributed by atoms with Crippen LogP contribution < -0.4 is 0 Å². The first kappa shape index (κ1) is 14.3. The highest BCUT2D eigenvalue weighted by Gasteiger charge is 2.55. The summed E-state index contributed by atoms with van der Waals surface area (Å²) in [5, 5.41) is 9.81. The minimum absolute atomic E-state index is 0.431. The quantitative estimate of drug-likeness (QED) is 0.723. The number of phenols is 1. The molecule has 21 heavy (non-hydrogen) atoms. The second-order valence-corrected chi connectivity index (χ2v) is 10.4. The van der Waals surface area contributed by atoms with E-state index in [4.69, 9.17) is 0 Å². The topological polar surface area (TPSA) is 20.2 Å². The van der Waals surface area contributed by atoms with Crippen molar-refractivity contribution in [1.29, 1.82) is 0 Å². The summed E-state index contributed by atoms with van der Waals surface area (Å²) in [6.07, 6.45) is 5.16. The molecule has 1 saturated heterocycles. The third-order valence-corrected chi connectivity index (χ3v) is 10.1. The molecule has 0 bridgehead atoms. The monoisotopic (exact) mass is 320 g/mol. The first-order valence-electron chi connectivity index (χ1n) is 8.14. The predicted molar refractivity (Wildman–Crippen MR) is 93.3 cm³/mol. The summed E-state index contributed by atoms with van der Waals surface area (Å²) in [6, 6.07) is 6.12. The number of aryl methyl sites for hydroxylation is 1. The van der Waals surface area contributed by atoms with Crippen molar-refractivity contribution in [1.82, 2.24) is 0 Å². The van der Waals surface area contributed by atoms with Gasteiger partial charge in [0.2, 0.25) is 0 Å². The normalized spacial score (nSPS) is 37.2. The molecule has 1 heterocycles. The van der Waals surface area contributed by atoms with Crippen LogP contribution in [0.1, 0.15) is 50.2 Å². The Morgan fingerprint density at radius 2 is 1.90 bits per heavy atom. The van der Waals surface area contributed by atoms with Crippen molar-refractivity contribution >= 4 is 23.5 Å². The number of aromatic hydroxyl groups is 1. The number of benzene rings is 1. The molecule has 3 aliphatic rings. The molecule has 0 aromatic heterocycles. The Bertz CT molecular complexity index is 564. The molecule has 3 atom stereocenters. The van der Waals surface area contributed by atoms with Crippen LogP contribution in [0.15, 0.2) is 18.2 Å². The highest BCUT2D eigenvalue weighted by Crippen LogP contribution is 2.66. The van der Waals surface area contributed by atoms with Gasteiger partial charge in [-0.3, -0.25) is 0 Å². The molecule has 114 valence electrons. The Labute approximate surface area is 136 Å². The van der Waals surface area contributed by atoms with Gasteiger partial charge in [-0.05, 0) is 66.2 Å². The van der Waals surface area contributed by atoms with Crippen LogP contribution >= 0.6 is 23.5 Å². The van der Waals surface area contributed by atoms with Gasteiger partial charge in [-0.2, -0.15) is 0 Å². The van der Waals surface area contributed by atoms with Crippen molar-refractivity contribution in [2.45, 2.75) is 49.5 Å². The average Bonchev–Trinajstić information content (AvgIpc) is 2.94. The molecule has 1 N–H and O–H groups in total. The molecule has 0 radical (unpaired) electrons. The van der Waals surface area contributed by atoms with Crippen molar-refractivity contribution < 1.29 is 5.11 Å². The summed E-state index contributed by atoms with van der Waals surface area (Å²) < 4.78 is 0.455. The number of hydrogen-bond acceptors (Lipinski definition) is 3. The Morgan fingerprint density at radius 3 is 2.67 bits per heavy atom. The van der Waals surface area contributed by atoms with E-state index in [1.54, 1.807) is 0 Å². The van der Waals surface area contributed by atoms with Gasteiger partial charge < -0.3 is 5.11 Å². The van der Waals surface area contributed by atoms with Crippen LogP contribution in [-0.2, 0) is 6.42 Å². The SMILES string of the molecule is C[C@H]1[C@@H]2c3ccc(O)cc3CC[C@@]2(C)CCC12SCCS2. The zero-order valence-corrected chi connectivity index (χ0v) is 14.5. The zero-order valence-electron chi connectivity index (χ0n) is 12.9. The van der Waals surface area contributed by atoms with E-state index < -0.39 is 0 Å². The minimum Gasteiger partial charge on any atom is -0.508 e. The predicted octanol–water partition coefficient (Wildman–Crippen LogP) is 5.03. The Kier molecular flexibility index (Phi) is 3.31. The fourth-order valence-corrected chi connectivity index (χ4v) is 8.52. The van der Waals surface area contributed by atoms with E-state index in [0.717, 1.165) is 12.3 Å². The molecule has 3 heteroatoms. The third-order valence-electron chi connectivity index (χ3n) is 6.19. The van der Waals surface area contributed by atoms with E-state index in [1.807, 2.05) is 12.1 Å². The van der Waals surface area contributed by atoms with E-state index in [0.29, 0.717) is 21.2 Å². The van der Waals surface area contributed by atoms with Crippen molar-refractivity contribution in [3.63, 3.8) is 0 Å². The Hall–Kier alpha value is -0.280. The lowest BCUT2D eigenvalue weighted by Gasteiger charge is -2.55. The molecule has 4 rings (SSSR count). The van der Waals surface area contributed by atoms with Crippen LogP contribution in [0.25, 0.3) is 0 Å². The van der Waals surface area contributed by atoms with Crippen LogP contribution in [0.5, 0.6) is 5.75 Å². The second-order valence-electron chi connectivity index (χ2n) is 7.31. The van der Waals surface area contributed by atoms with E-state index in [2.05, 4.69) is 43.4 Å².